The van der Waals surface area contributed by atoms with Crippen LogP contribution in [0.2, 0.25) is 0 Å². The molecule has 2 aliphatic heterocycles. The van der Waals surface area contributed by atoms with Crippen LogP contribution in [-0.2, 0) is 9.31 Å². The minimum absolute atomic E-state index is 0.220. The van der Waals surface area contributed by atoms with Crippen LogP contribution in [0, 0.1) is 0 Å². The lowest BCUT2D eigenvalue weighted by molar-refractivity contribution is 0.00578. The first-order chi connectivity index (χ1) is 18.4. The highest BCUT2D eigenvalue weighted by Crippen LogP contribution is 2.63. The van der Waals surface area contributed by atoms with E-state index >= 15 is 0 Å². The number of hydrogen-bond acceptors (Lipinski definition) is 4. The summed E-state index contributed by atoms with van der Waals surface area (Å²) in [6.45, 7) is 8.43. The third-order valence-electron chi connectivity index (χ3n) is 7.88. The molecule has 192 valence electrons. The van der Waals surface area contributed by atoms with E-state index in [1.807, 2.05) is 0 Å². The highest BCUT2D eigenvalue weighted by molar-refractivity contribution is 7.69. The molecular weight excluding hydrogens is 486 g/mol. The number of para-hydroxylation sites is 1. The van der Waals surface area contributed by atoms with Gasteiger partial charge in [0, 0.05) is 11.0 Å². The summed E-state index contributed by atoms with van der Waals surface area (Å²) in [5.41, 5.74) is 3.88. The van der Waals surface area contributed by atoms with Crippen LogP contribution in [0.15, 0.2) is 115 Å². The zero-order valence-electron chi connectivity index (χ0n) is 22.5. The van der Waals surface area contributed by atoms with E-state index in [0.29, 0.717) is 0 Å². The van der Waals surface area contributed by atoms with Crippen LogP contribution in [-0.4, -0.2) is 24.4 Å². The zero-order chi connectivity index (χ0) is 26.3. The van der Waals surface area contributed by atoms with Crippen molar-refractivity contribution >= 4 is 43.2 Å². The summed E-state index contributed by atoms with van der Waals surface area (Å²) >= 11 is 0. The van der Waals surface area contributed by atoms with Gasteiger partial charge in [-0.15, -0.1) is 0 Å². The Labute approximate surface area is 228 Å². The van der Waals surface area contributed by atoms with Crippen LogP contribution < -0.4 is 20.1 Å². The van der Waals surface area contributed by atoms with Gasteiger partial charge in [0.15, 0.2) is 0 Å². The highest BCUT2D eigenvalue weighted by Gasteiger charge is 2.52. The minimum atomic E-state index is -0.900. The number of anilines is 3. The molecule has 6 rings (SSSR count). The number of nitrogens with zero attached hydrogens (tertiary/aromatic N) is 2. The van der Waals surface area contributed by atoms with Crippen LogP contribution in [0.25, 0.3) is 0 Å². The molecule has 0 bridgehead atoms. The Balaban J connectivity index is 1.52. The molecule has 1 saturated heterocycles. The second-order valence-electron chi connectivity index (χ2n) is 11.0. The third kappa shape index (κ3) is 4.43. The summed E-state index contributed by atoms with van der Waals surface area (Å²) in [6.07, 6.45) is 14.1. The number of hydrogen-bond donors (Lipinski definition) is 0. The summed E-state index contributed by atoms with van der Waals surface area (Å²) in [6, 6.07) is 28.6. The molecule has 1 fully saturated rings. The number of rotatable bonds is 4. The van der Waals surface area contributed by atoms with Crippen molar-refractivity contribution in [1.82, 2.24) is 0 Å². The molecule has 38 heavy (non-hydrogen) atoms. The Kier molecular flexibility index (Phi) is 6.56. The largest absolute Gasteiger partial charge is 0.494 e. The molecule has 3 aromatic rings. The van der Waals surface area contributed by atoms with Crippen molar-refractivity contribution < 1.29 is 9.31 Å². The maximum absolute atomic E-state index is 6.46. The van der Waals surface area contributed by atoms with E-state index in [0.717, 1.165) is 11.9 Å². The van der Waals surface area contributed by atoms with E-state index in [9.17, 15) is 0 Å². The smallest absolute Gasteiger partial charge is 0.399 e. The first-order valence-electron chi connectivity index (χ1n) is 13.3. The maximum atomic E-state index is 6.46. The van der Waals surface area contributed by atoms with Gasteiger partial charge >= 0.3 is 7.12 Å². The average molecular weight is 520 g/mol. The van der Waals surface area contributed by atoms with Crippen molar-refractivity contribution in [2.75, 3.05) is 9.34 Å². The van der Waals surface area contributed by atoms with E-state index in [4.69, 9.17) is 9.31 Å². The van der Waals surface area contributed by atoms with Crippen molar-refractivity contribution in [3.05, 3.63) is 115 Å². The molecule has 2 atom stereocenters. The SMILES string of the molecule is CC1(C)OB(c2ccc3c(c2)N(c2ccccc2)P(c2ccccc2)N3C2\C=C/C=C\C=C/C2)OC1(C)C. The van der Waals surface area contributed by atoms with Gasteiger partial charge in [-0.05, 0) is 63.8 Å². The monoisotopic (exact) mass is 520 g/mol. The second-order valence-corrected chi connectivity index (χ2v) is 12.9. The van der Waals surface area contributed by atoms with Crippen LogP contribution in [0.4, 0.5) is 17.1 Å². The van der Waals surface area contributed by atoms with E-state index < -0.39 is 15.3 Å². The van der Waals surface area contributed by atoms with Crippen molar-refractivity contribution in [1.29, 1.82) is 0 Å². The molecule has 2 heterocycles. The van der Waals surface area contributed by atoms with Gasteiger partial charge in [-0.25, -0.2) is 0 Å². The van der Waals surface area contributed by atoms with Crippen molar-refractivity contribution in [2.45, 2.75) is 51.4 Å². The Morgan fingerprint density at radius 3 is 2.13 bits per heavy atom. The van der Waals surface area contributed by atoms with Gasteiger partial charge < -0.3 is 14.0 Å². The lowest BCUT2D eigenvalue weighted by Crippen LogP contribution is -2.41. The van der Waals surface area contributed by atoms with Gasteiger partial charge in [0.05, 0.1) is 28.6 Å². The number of fused-ring (bicyclic) bond motifs is 1. The van der Waals surface area contributed by atoms with Crippen molar-refractivity contribution in [3.63, 3.8) is 0 Å². The topological polar surface area (TPSA) is 24.9 Å². The van der Waals surface area contributed by atoms with Gasteiger partial charge in [-0.3, -0.25) is 4.67 Å². The van der Waals surface area contributed by atoms with Crippen LogP contribution in [0.1, 0.15) is 34.1 Å². The van der Waals surface area contributed by atoms with Crippen LogP contribution in [0.5, 0.6) is 0 Å². The molecule has 3 aliphatic rings. The lowest BCUT2D eigenvalue weighted by atomic mass is 9.78. The Morgan fingerprint density at radius 2 is 1.42 bits per heavy atom. The molecule has 1 aliphatic carbocycles. The molecular formula is C32H34BN2O2P. The summed E-state index contributed by atoms with van der Waals surface area (Å²) in [5, 5.41) is 1.31. The standard InChI is InChI=1S/C32H34BN2O2P/c1-31(2)32(3,4)37-33(36-31)25-22-23-29-30(24-25)35(27-18-12-8-13-19-27)38(28-20-14-9-15-21-28)34(29)26-16-10-6-5-7-11-17-26/h5-16,18-24,26H,17H2,1-4H3/b6-5-,11-7-,16-10-. The van der Waals surface area contributed by atoms with Gasteiger partial charge in [0.1, 0.15) is 8.22 Å². The quantitative estimate of drug-likeness (QED) is 0.273. The lowest BCUT2D eigenvalue weighted by Gasteiger charge is -2.36. The molecule has 0 saturated carbocycles. The van der Waals surface area contributed by atoms with E-state index in [1.165, 1.54) is 22.4 Å². The number of benzene rings is 3. The Bertz CT molecular complexity index is 1370. The molecule has 3 aromatic carbocycles. The first kappa shape index (κ1) is 25.2. The first-order valence-corrected chi connectivity index (χ1v) is 14.6. The molecule has 0 amide bonds. The third-order valence-corrected chi connectivity index (χ3v) is 10.4. The van der Waals surface area contributed by atoms with E-state index in [2.05, 4.69) is 152 Å². The highest BCUT2D eigenvalue weighted by atomic mass is 31.1. The molecule has 0 N–H and O–H groups in total. The molecule has 6 heteroatoms. The van der Waals surface area contributed by atoms with Gasteiger partial charge in [-0.1, -0.05) is 91.1 Å². The maximum Gasteiger partial charge on any atom is 0.494 e. The Morgan fingerprint density at radius 1 is 0.763 bits per heavy atom. The predicted molar refractivity (Wildman–Crippen MR) is 162 cm³/mol. The fraction of sp³-hybridized carbons (Fsp3) is 0.250. The average Bonchev–Trinajstić information content (AvgIpc) is 3.34. The van der Waals surface area contributed by atoms with Gasteiger partial charge in [0.2, 0.25) is 0 Å². The van der Waals surface area contributed by atoms with Crippen molar-refractivity contribution in [3.8, 4) is 0 Å². The van der Waals surface area contributed by atoms with Crippen LogP contribution >= 0.6 is 8.22 Å². The summed E-state index contributed by atoms with van der Waals surface area (Å²) in [7, 11) is -1.31. The molecule has 0 aromatic heterocycles. The van der Waals surface area contributed by atoms with E-state index in [-0.39, 0.29) is 17.2 Å². The van der Waals surface area contributed by atoms with Gasteiger partial charge in [-0.2, -0.15) is 0 Å². The fourth-order valence-electron chi connectivity index (χ4n) is 5.15. The molecule has 4 nitrogen and oxygen atoms in total. The number of allylic oxidation sites excluding steroid dienone is 4. The summed E-state index contributed by atoms with van der Waals surface area (Å²) < 4.78 is 18.1. The normalized spacial score (nSPS) is 25.9. The van der Waals surface area contributed by atoms with Gasteiger partial charge in [0.25, 0.3) is 0 Å². The molecule has 0 spiro atoms. The van der Waals surface area contributed by atoms with E-state index in [1.54, 1.807) is 0 Å². The predicted octanol–water partition coefficient (Wildman–Crippen LogP) is 7.02. The summed E-state index contributed by atoms with van der Waals surface area (Å²) in [5.74, 6) is 0. The van der Waals surface area contributed by atoms with Crippen molar-refractivity contribution in [2.24, 2.45) is 0 Å². The fourth-order valence-corrected chi connectivity index (χ4v) is 7.80. The Hall–Kier alpha value is -3.11. The van der Waals surface area contributed by atoms with Crippen LogP contribution in [0.3, 0.4) is 0 Å². The zero-order valence-corrected chi connectivity index (χ0v) is 23.4. The summed E-state index contributed by atoms with van der Waals surface area (Å²) in [4.78, 5) is 0. The second kappa shape index (κ2) is 9.89. The molecule has 2 unspecified atom stereocenters. The minimum Gasteiger partial charge on any atom is -0.399 e. The molecule has 0 radical (unpaired) electrons.